The molecular formula is C22H26F2N2O2. The van der Waals surface area contributed by atoms with Crippen molar-refractivity contribution in [2.75, 3.05) is 26.2 Å². The van der Waals surface area contributed by atoms with Gasteiger partial charge in [-0.05, 0) is 26.0 Å². The lowest BCUT2D eigenvalue weighted by Gasteiger charge is -2.41. The van der Waals surface area contributed by atoms with Crippen molar-refractivity contribution in [3.05, 3.63) is 59.2 Å². The van der Waals surface area contributed by atoms with E-state index in [1.165, 1.54) is 12.1 Å². The lowest BCUT2D eigenvalue weighted by Crippen LogP contribution is -2.48. The predicted octanol–water partition coefficient (Wildman–Crippen LogP) is 4.22. The summed E-state index contributed by atoms with van der Waals surface area (Å²) in [5, 5.41) is 3.58. The molecule has 0 radical (unpaired) electrons. The Labute approximate surface area is 164 Å². The van der Waals surface area contributed by atoms with E-state index in [1.54, 1.807) is 0 Å². The summed E-state index contributed by atoms with van der Waals surface area (Å²) in [7, 11) is 0. The Kier molecular flexibility index (Phi) is 5.51. The van der Waals surface area contributed by atoms with E-state index in [0.717, 1.165) is 42.9 Å². The smallest absolute Gasteiger partial charge is 0.162 e. The van der Waals surface area contributed by atoms with Gasteiger partial charge in [0.1, 0.15) is 11.5 Å². The minimum Gasteiger partial charge on any atom is -0.493 e. The second kappa shape index (κ2) is 8.05. The maximum Gasteiger partial charge on any atom is 0.162 e. The lowest BCUT2D eigenvalue weighted by molar-refractivity contribution is 0.104. The Hall–Kier alpha value is -2.18. The molecule has 4 rings (SSSR count). The van der Waals surface area contributed by atoms with Crippen LogP contribution in [0.1, 0.15) is 43.5 Å². The number of para-hydroxylation sites is 1. The van der Waals surface area contributed by atoms with Crippen molar-refractivity contribution in [1.29, 1.82) is 0 Å². The van der Waals surface area contributed by atoms with Crippen molar-refractivity contribution in [3.8, 4) is 11.5 Å². The van der Waals surface area contributed by atoms with Crippen LogP contribution < -0.4 is 14.8 Å². The molecule has 4 nitrogen and oxygen atoms in total. The molecule has 2 aromatic carbocycles. The molecular weight excluding hydrogens is 362 g/mol. The van der Waals surface area contributed by atoms with Gasteiger partial charge in [-0.25, -0.2) is 8.78 Å². The van der Waals surface area contributed by atoms with Gasteiger partial charge in [0.05, 0.1) is 12.7 Å². The van der Waals surface area contributed by atoms with Gasteiger partial charge in [-0.2, -0.15) is 0 Å². The molecule has 0 aromatic heterocycles. The number of rotatable bonds is 4. The van der Waals surface area contributed by atoms with Crippen molar-refractivity contribution in [3.63, 3.8) is 0 Å². The van der Waals surface area contributed by atoms with Gasteiger partial charge in [-0.15, -0.1) is 0 Å². The van der Waals surface area contributed by atoms with Crippen molar-refractivity contribution in [2.45, 2.75) is 38.5 Å². The third kappa shape index (κ3) is 3.84. The summed E-state index contributed by atoms with van der Waals surface area (Å²) in [4.78, 5) is 2.34. The number of ether oxygens (including phenoxy) is 2. The van der Waals surface area contributed by atoms with Crippen molar-refractivity contribution < 1.29 is 18.3 Å². The summed E-state index contributed by atoms with van der Waals surface area (Å²) in [6, 6.07) is 10.7. The van der Waals surface area contributed by atoms with Gasteiger partial charge in [-0.3, -0.25) is 4.90 Å². The van der Waals surface area contributed by atoms with Gasteiger partial charge >= 0.3 is 0 Å². The van der Waals surface area contributed by atoms with Crippen LogP contribution >= 0.6 is 0 Å². The Balaban J connectivity index is 1.59. The van der Waals surface area contributed by atoms with E-state index < -0.39 is 11.6 Å². The number of nitrogens with one attached hydrogen (secondary N) is 1. The summed E-state index contributed by atoms with van der Waals surface area (Å²) < 4.78 is 39.1. The molecule has 6 heteroatoms. The van der Waals surface area contributed by atoms with Gasteiger partial charge < -0.3 is 14.8 Å². The third-order valence-electron chi connectivity index (χ3n) is 5.37. The second-order valence-electron chi connectivity index (χ2n) is 7.66. The van der Waals surface area contributed by atoms with E-state index in [2.05, 4.69) is 16.3 Å². The highest BCUT2D eigenvalue weighted by atomic mass is 19.2. The number of hydrogen-bond donors (Lipinski definition) is 1. The third-order valence-corrected chi connectivity index (χ3v) is 5.37. The Morgan fingerprint density at radius 1 is 1.14 bits per heavy atom. The standard InChI is InChI=1S/C22H26F2N2O2/c1-14(2)28-21-6-4-3-5-15(21)19-13-26(9-8-25-19)20-7-10-27-22-12-18(24)17(23)11-16(20)22/h3-6,11-12,14,19-20,25H,7-10,13H2,1-2H3/t19-,20-/m0/s1. The topological polar surface area (TPSA) is 33.7 Å². The second-order valence-corrected chi connectivity index (χ2v) is 7.66. The molecule has 1 N–H and O–H groups in total. The van der Waals surface area contributed by atoms with E-state index in [0.29, 0.717) is 12.4 Å². The monoisotopic (exact) mass is 388 g/mol. The molecule has 0 spiro atoms. The quantitative estimate of drug-likeness (QED) is 0.850. The average Bonchev–Trinajstić information content (AvgIpc) is 2.68. The molecule has 150 valence electrons. The van der Waals surface area contributed by atoms with Gasteiger partial charge in [-0.1, -0.05) is 18.2 Å². The van der Waals surface area contributed by atoms with Crippen molar-refractivity contribution in [1.82, 2.24) is 10.2 Å². The van der Waals surface area contributed by atoms with E-state index in [9.17, 15) is 8.78 Å². The molecule has 0 amide bonds. The highest BCUT2D eigenvalue weighted by Gasteiger charge is 2.33. The van der Waals surface area contributed by atoms with E-state index in [-0.39, 0.29) is 18.2 Å². The fourth-order valence-corrected chi connectivity index (χ4v) is 4.14. The van der Waals surface area contributed by atoms with Crippen molar-refractivity contribution >= 4 is 0 Å². The van der Waals surface area contributed by atoms with E-state index >= 15 is 0 Å². The normalized spacial score (nSPS) is 22.6. The highest BCUT2D eigenvalue weighted by molar-refractivity contribution is 5.40. The minimum absolute atomic E-state index is 0.0154. The first-order valence-electron chi connectivity index (χ1n) is 9.87. The molecule has 2 aliphatic heterocycles. The number of halogens is 2. The number of piperazine rings is 1. The van der Waals surface area contributed by atoms with Crippen molar-refractivity contribution in [2.24, 2.45) is 0 Å². The minimum atomic E-state index is -0.864. The summed E-state index contributed by atoms with van der Waals surface area (Å²) in [5.41, 5.74) is 1.86. The molecule has 0 aliphatic carbocycles. The molecule has 2 atom stereocenters. The van der Waals surface area contributed by atoms with Crippen LogP contribution in [-0.2, 0) is 0 Å². The van der Waals surface area contributed by atoms with Crippen LogP contribution in [0.4, 0.5) is 8.78 Å². The van der Waals surface area contributed by atoms with Crippen LogP contribution in [0.3, 0.4) is 0 Å². The zero-order valence-electron chi connectivity index (χ0n) is 16.3. The molecule has 0 unspecified atom stereocenters. The number of fused-ring (bicyclic) bond motifs is 1. The van der Waals surface area contributed by atoms with E-state index in [4.69, 9.17) is 9.47 Å². The molecule has 28 heavy (non-hydrogen) atoms. The molecule has 2 heterocycles. The zero-order chi connectivity index (χ0) is 19.7. The lowest BCUT2D eigenvalue weighted by atomic mass is 9.95. The first kappa shape index (κ1) is 19.2. The summed E-state index contributed by atoms with van der Waals surface area (Å²) in [5.74, 6) is -0.347. The van der Waals surface area contributed by atoms with E-state index in [1.807, 2.05) is 32.0 Å². The van der Waals surface area contributed by atoms with Gasteiger partial charge in [0, 0.05) is 55.3 Å². The van der Waals surface area contributed by atoms with Gasteiger partial charge in [0.15, 0.2) is 11.6 Å². The van der Waals surface area contributed by atoms with Gasteiger partial charge in [0.2, 0.25) is 0 Å². The maximum absolute atomic E-state index is 13.9. The average molecular weight is 388 g/mol. The molecule has 0 bridgehead atoms. The first-order valence-corrected chi connectivity index (χ1v) is 9.87. The van der Waals surface area contributed by atoms with Crippen LogP contribution in [0.2, 0.25) is 0 Å². The fraction of sp³-hybridized carbons (Fsp3) is 0.455. The number of benzene rings is 2. The van der Waals surface area contributed by atoms with Crippen LogP contribution in [0.15, 0.2) is 36.4 Å². The fourth-order valence-electron chi connectivity index (χ4n) is 4.14. The zero-order valence-corrected chi connectivity index (χ0v) is 16.3. The Morgan fingerprint density at radius 2 is 1.93 bits per heavy atom. The molecule has 0 saturated carbocycles. The summed E-state index contributed by atoms with van der Waals surface area (Å²) in [6.07, 6.45) is 0.857. The largest absolute Gasteiger partial charge is 0.493 e. The van der Waals surface area contributed by atoms with Crippen LogP contribution in [0, 0.1) is 11.6 Å². The molecule has 1 fully saturated rings. The van der Waals surface area contributed by atoms with Crippen LogP contribution in [0.5, 0.6) is 11.5 Å². The molecule has 2 aromatic rings. The summed E-state index contributed by atoms with van der Waals surface area (Å²) >= 11 is 0. The van der Waals surface area contributed by atoms with Gasteiger partial charge in [0.25, 0.3) is 0 Å². The molecule has 1 saturated heterocycles. The number of nitrogens with zero attached hydrogens (tertiary/aromatic N) is 1. The maximum atomic E-state index is 13.9. The van der Waals surface area contributed by atoms with Crippen LogP contribution in [0.25, 0.3) is 0 Å². The SMILES string of the molecule is CC(C)Oc1ccccc1[C@@H]1CN([C@H]2CCOc3cc(F)c(F)cc32)CCN1. The Bertz CT molecular complexity index is 843. The van der Waals surface area contributed by atoms with Crippen LogP contribution in [-0.4, -0.2) is 37.2 Å². The summed E-state index contributed by atoms with van der Waals surface area (Å²) in [6.45, 7) is 6.96. The first-order chi connectivity index (χ1) is 13.5. The number of hydrogen-bond acceptors (Lipinski definition) is 4. The Morgan fingerprint density at radius 3 is 2.75 bits per heavy atom. The highest BCUT2D eigenvalue weighted by Crippen LogP contribution is 2.39. The molecule has 2 aliphatic rings. The predicted molar refractivity (Wildman–Crippen MR) is 104 cm³/mol.